The fourth-order valence-electron chi connectivity index (χ4n) is 1.61. The minimum atomic E-state index is -1.33. The van der Waals surface area contributed by atoms with Crippen molar-refractivity contribution >= 4 is 35.6 Å². The summed E-state index contributed by atoms with van der Waals surface area (Å²) in [7, 11) is 0. The zero-order valence-electron chi connectivity index (χ0n) is 8.86. The van der Waals surface area contributed by atoms with Crippen LogP contribution in [0.1, 0.15) is 10.4 Å². The molecule has 1 aromatic heterocycles. The van der Waals surface area contributed by atoms with E-state index in [1.807, 2.05) is 0 Å². The van der Waals surface area contributed by atoms with Crippen molar-refractivity contribution in [3.05, 3.63) is 45.3 Å². The van der Waals surface area contributed by atoms with E-state index in [0.29, 0.717) is 9.77 Å². The number of hydrogen-bond donors (Lipinski definition) is 2. The van der Waals surface area contributed by atoms with Gasteiger partial charge in [-0.3, -0.25) is 10.1 Å². The van der Waals surface area contributed by atoms with Crippen LogP contribution in [0.5, 0.6) is 0 Å². The van der Waals surface area contributed by atoms with Gasteiger partial charge in [0, 0.05) is 9.77 Å². The minimum absolute atomic E-state index is 0.248. The number of hydrogen-bond acceptors (Lipinski definition) is 5. The highest BCUT2D eigenvalue weighted by Gasteiger charge is 2.27. The average Bonchev–Trinajstić information content (AvgIpc) is 2.81. The fourth-order valence-corrected chi connectivity index (χ4v) is 2.77. The molecule has 2 aromatic rings. The van der Waals surface area contributed by atoms with Crippen molar-refractivity contribution in [2.24, 2.45) is 0 Å². The lowest BCUT2D eigenvalue weighted by atomic mass is 10.1. The molecule has 0 amide bonds. The first-order valence-corrected chi connectivity index (χ1v) is 6.12. The van der Waals surface area contributed by atoms with Gasteiger partial charge in [-0.2, -0.15) is 0 Å². The molecule has 0 saturated heterocycles. The second-order valence-electron chi connectivity index (χ2n) is 3.40. The van der Waals surface area contributed by atoms with Crippen molar-refractivity contribution in [2.75, 3.05) is 0 Å². The Morgan fingerprint density at radius 1 is 1.39 bits per heavy atom. The second kappa shape index (κ2) is 4.79. The van der Waals surface area contributed by atoms with E-state index in [0.717, 1.165) is 0 Å². The standard InChI is InChI=1S/C11H7NO4S2/c13-11(14)6-3-4-7(17)9(10(6)12(15)16)8-2-1-5-18-8/h1-5,17H,(H,13,14). The lowest BCUT2D eigenvalue weighted by molar-refractivity contribution is -0.384. The highest BCUT2D eigenvalue weighted by atomic mass is 32.1. The van der Waals surface area contributed by atoms with E-state index in [-0.39, 0.29) is 11.1 Å². The van der Waals surface area contributed by atoms with E-state index in [2.05, 4.69) is 12.6 Å². The zero-order valence-corrected chi connectivity index (χ0v) is 10.6. The molecule has 0 aliphatic carbocycles. The smallest absolute Gasteiger partial charge is 0.342 e. The first kappa shape index (κ1) is 12.6. The summed E-state index contributed by atoms with van der Waals surface area (Å²) in [6.45, 7) is 0. The molecular weight excluding hydrogens is 274 g/mol. The first-order valence-electron chi connectivity index (χ1n) is 4.80. The number of aromatic carboxylic acids is 1. The van der Waals surface area contributed by atoms with Crippen molar-refractivity contribution in [2.45, 2.75) is 4.90 Å². The van der Waals surface area contributed by atoms with Crippen LogP contribution in [0.25, 0.3) is 10.4 Å². The second-order valence-corrected chi connectivity index (χ2v) is 4.82. The van der Waals surface area contributed by atoms with Gasteiger partial charge in [0.2, 0.25) is 0 Å². The molecule has 0 aliphatic rings. The largest absolute Gasteiger partial charge is 0.477 e. The van der Waals surface area contributed by atoms with Crippen LogP contribution in [-0.2, 0) is 0 Å². The van der Waals surface area contributed by atoms with Crippen LogP contribution in [0.15, 0.2) is 34.5 Å². The molecule has 1 aromatic carbocycles. The number of carbonyl (C=O) groups is 1. The van der Waals surface area contributed by atoms with Crippen LogP contribution >= 0.6 is 24.0 Å². The van der Waals surface area contributed by atoms with Crippen molar-refractivity contribution < 1.29 is 14.8 Å². The molecule has 5 nitrogen and oxygen atoms in total. The van der Waals surface area contributed by atoms with Gasteiger partial charge >= 0.3 is 5.97 Å². The molecule has 0 fully saturated rings. The average molecular weight is 281 g/mol. The Hall–Kier alpha value is -1.86. The van der Waals surface area contributed by atoms with Gasteiger partial charge in [-0.25, -0.2) is 4.79 Å². The predicted molar refractivity (Wildman–Crippen MR) is 70.6 cm³/mol. The molecule has 0 unspecified atom stereocenters. The van der Waals surface area contributed by atoms with Gasteiger partial charge in [-0.05, 0) is 23.6 Å². The van der Waals surface area contributed by atoms with Crippen LogP contribution in [-0.4, -0.2) is 16.0 Å². The molecule has 0 spiro atoms. The maximum absolute atomic E-state index is 11.1. The number of rotatable bonds is 3. The van der Waals surface area contributed by atoms with Crippen LogP contribution in [0.4, 0.5) is 5.69 Å². The Bertz CT molecular complexity index is 622. The number of carboxylic acid groups (broad SMARTS) is 1. The highest BCUT2D eigenvalue weighted by Crippen LogP contribution is 2.40. The Morgan fingerprint density at radius 2 is 2.11 bits per heavy atom. The number of nitro groups is 1. The first-order chi connectivity index (χ1) is 8.52. The van der Waals surface area contributed by atoms with Crippen molar-refractivity contribution in [3.63, 3.8) is 0 Å². The SMILES string of the molecule is O=C(O)c1ccc(S)c(-c2cccs2)c1[N+](=O)[O-]. The van der Waals surface area contributed by atoms with Gasteiger partial charge in [0.1, 0.15) is 5.56 Å². The maximum Gasteiger partial charge on any atom is 0.342 e. The normalized spacial score (nSPS) is 10.3. The zero-order chi connectivity index (χ0) is 13.3. The quantitative estimate of drug-likeness (QED) is 0.514. The molecule has 0 aliphatic heterocycles. The molecule has 7 heteroatoms. The summed E-state index contributed by atoms with van der Waals surface area (Å²) >= 11 is 5.47. The van der Waals surface area contributed by atoms with Gasteiger partial charge in [0.15, 0.2) is 0 Å². The lowest BCUT2D eigenvalue weighted by Crippen LogP contribution is -2.04. The van der Waals surface area contributed by atoms with Crippen molar-refractivity contribution in [1.82, 2.24) is 0 Å². The molecule has 0 saturated carbocycles. The number of thiol groups is 1. The number of thiophene rings is 1. The number of nitro benzene ring substituents is 1. The number of benzene rings is 1. The Labute approximate surface area is 111 Å². The predicted octanol–water partition coefficient (Wildman–Crippen LogP) is 3.31. The summed E-state index contributed by atoms with van der Waals surface area (Å²) in [6.07, 6.45) is 0. The molecule has 18 heavy (non-hydrogen) atoms. The van der Waals surface area contributed by atoms with Crippen LogP contribution in [0.2, 0.25) is 0 Å². The maximum atomic E-state index is 11.1. The molecule has 0 radical (unpaired) electrons. The van der Waals surface area contributed by atoms with E-state index >= 15 is 0 Å². The van der Waals surface area contributed by atoms with Crippen molar-refractivity contribution in [3.8, 4) is 10.4 Å². The summed E-state index contributed by atoms with van der Waals surface area (Å²) in [4.78, 5) is 22.5. The Kier molecular flexibility index (Phi) is 3.35. The van der Waals surface area contributed by atoms with Gasteiger partial charge < -0.3 is 5.11 Å². The summed E-state index contributed by atoms with van der Waals surface area (Å²) in [5.74, 6) is -1.33. The third kappa shape index (κ3) is 2.09. The molecule has 1 N–H and O–H groups in total. The highest BCUT2D eigenvalue weighted by molar-refractivity contribution is 7.80. The third-order valence-corrected chi connectivity index (χ3v) is 3.60. The van der Waals surface area contributed by atoms with Gasteiger partial charge in [-0.1, -0.05) is 6.07 Å². The van der Waals surface area contributed by atoms with Gasteiger partial charge in [-0.15, -0.1) is 24.0 Å². The fraction of sp³-hybridized carbons (Fsp3) is 0. The van der Waals surface area contributed by atoms with E-state index in [1.165, 1.54) is 23.5 Å². The topological polar surface area (TPSA) is 80.4 Å². The molecule has 2 rings (SSSR count). The van der Waals surface area contributed by atoms with Gasteiger partial charge in [0.25, 0.3) is 5.69 Å². The molecular formula is C11H7NO4S2. The Balaban J connectivity index is 2.82. The van der Waals surface area contributed by atoms with Gasteiger partial charge in [0.05, 0.1) is 10.5 Å². The van der Waals surface area contributed by atoms with E-state index in [1.54, 1.807) is 17.5 Å². The van der Waals surface area contributed by atoms with Crippen molar-refractivity contribution in [1.29, 1.82) is 0 Å². The van der Waals surface area contributed by atoms with E-state index < -0.39 is 16.6 Å². The number of nitrogens with zero attached hydrogens (tertiary/aromatic N) is 1. The van der Waals surface area contributed by atoms with E-state index in [9.17, 15) is 14.9 Å². The molecule has 1 heterocycles. The molecule has 92 valence electrons. The summed E-state index contributed by atoms with van der Waals surface area (Å²) in [5, 5.41) is 21.9. The lowest BCUT2D eigenvalue weighted by Gasteiger charge is -2.06. The monoisotopic (exact) mass is 281 g/mol. The van der Waals surface area contributed by atoms with Crippen LogP contribution in [0, 0.1) is 10.1 Å². The number of carboxylic acids is 1. The van der Waals surface area contributed by atoms with E-state index in [4.69, 9.17) is 5.11 Å². The third-order valence-electron chi connectivity index (χ3n) is 2.34. The molecule has 0 bridgehead atoms. The summed E-state index contributed by atoms with van der Waals surface area (Å²) in [5.41, 5.74) is -0.503. The molecule has 0 atom stereocenters. The van der Waals surface area contributed by atoms with Crippen LogP contribution < -0.4 is 0 Å². The minimum Gasteiger partial charge on any atom is -0.477 e. The summed E-state index contributed by atoms with van der Waals surface area (Å²) in [6, 6.07) is 6.08. The van der Waals surface area contributed by atoms with Crippen LogP contribution in [0.3, 0.4) is 0 Å². The Morgan fingerprint density at radius 3 is 2.61 bits per heavy atom. The summed E-state index contributed by atoms with van der Waals surface area (Å²) < 4.78 is 0.